The Labute approximate surface area is 111 Å². The zero-order chi connectivity index (χ0) is 13.8. The molecule has 0 radical (unpaired) electrons. The number of rotatable bonds is 5. The van der Waals surface area contributed by atoms with E-state index in [2.05, 4.69) is 20.7 Å². The average Bonchev–Trinajstić information content (AvgIpc) is 2.22. The molecule has 0 saturated heterocycles. The van der Waals surface area contributed by atoms with E-state index >= 15 is 0 Å². The molecule has 0 unspecified atom stereocenters. The molecule has 0 fully saturated rings. The van der Waals surface area contributed by atoms with Crippen LogP contribution in [0, 0.1) is 0 Å². The Hall–Kier alpha value is -0.790. The van der Waals surface area contributed by atoms with E-state index in [1.165, 1.54) is 0 Å². The molecule has 0 aliphatic carbocycles. The molecule has 102 valence electrons. The minimum atomic E-state index is -4.36. The van der Waals surface area contributed by atoms with Gasteiger partial charge in [0.1, 0.15) is 12.4 Å². The molecule has 0 aromatic heterocycles. The second-order valence-electron chi connectivity index (χ2n) is 3.70. The van der Waals surface area contributed by atoms with Gasteiger partial charge < -0.3 is 15.2 Å². The Balaban J connectivity index is 2.58. The molecule has 18 heavy (non-hydrogen) atoms. The number of nitrogens with two attached hydrogens (primary N) is 1. The zero-order valence-corrected chi connectivity index (χ0v) is 11.2. The summed E-state index contributed by atoms with van der Waals surface area (Å²) in [7, 11) is 0. The standard InChI is InChI=1S/C11H13BrF3NO2/c1-7(16)9-3-2-8(12)4-10(9)18-6-17-5-11(13,14)15/h2-4,7H,5-6,16H2,1H3/t7-/m1/s1. The fourth-order valence-electron chi connectivity index (χ4n) is 1.27. The van der Waals surface area contributed by atoms with Crippen molar-refractivity contribution in [2.45, 2.75) is 19.1 Å². The number of halogens is 4. The van der Waals surface area contributed by atoms with Crippen LogP contribution in [0.15, 0.2) is 22.7 Å². The van der Waals surface area contributed by atoms with E-state index in [-0.39, 0.29) is 6.04 Å². The predicted molar refractivity (Wildman–Crippen MR) is 64.2 cm³/mol. The zero-order valence-electron chi connectivity index (χ0n) is 9.63. The molecule has 0 aliphatic heterocycles. The SMILES string of the molecule is C[C@@H](N)c1ccc(Br)cc1OCOCC(F)(F)F. The number of hydrogen-bond acceptors (Lipinski definition) is 3. The minimum absolute atomic E-state index is 0.282. The van der Waals surface area contributed by atoms with Gasteiger partial charge in [0.15, 0.2) is 6.79 Å². The van der Waals surface area contributed by atoms with Crippen molar-refractivity contribution in [3.63, 3.8) is 0 Å². The molecule has 0 heterocycles. The van der Waals surface area contributed by atoms with Crippen molar-refractivity contribution in [2.75, 3.05) is 13.4 Å². The highest BCUT2D eigenvalue weighted by atomic mass is 79.9. The van der Waals surface area contributed by atoms with E-state index in [1.54, 1.807) is 25.1 Å². The van der Waals surface area contributed by atoms with E-state index in [1.807, 2.05) is 0 Å². The van der Waals surface area contributed by atoms with Gasteiger partial charge in [0.05, 0.1) is 0 Å². The highest BCUT2D eigenvalue weighted by Gasteiger charge is 2.27. The second-order valence-corrected chi connectivity index (χ2v) is 4.61. The molecule has 1 aromatic rings. The van der Waals surface area contributed by atoms with Crippen LogP contribution in [-0.2, 0) is 4.74 Å². The van der Waals surface area contributed by atoms with Crippen LogP contribution in [0.4, 0.5) is 13.2 Å². The monoisotopic (exact) mass is 327 g/mol. The molecule has 0 spiro atoms. The largest absolute Gasteiger partial charge is 0.467 e. The lowest BCUT2D eigenvalue weighted by molar-refractivity contribution is -0.186. The first kappa shape index (κ1) is 15.3. The summed E-state index contributed by atoms with van der Waals surface area (Å²) in [6.45, 7) is -0.0587. The van der Waals surface area contributed by atoms with E-state index in [4.69, 9.17) is 10.5 Å². The maximum atomic E-state index is 11.8. The van der Waals surface area contributed by atoms with Crippen molar-refractivity contribution in [1.29, 1.82) is 0 Å². The van der Waals surface area contributed by atoms with Crippen molar-refractivity contribution in [3.8, 4) is 5.75 Å². The summed E-state index contributed by atoms with van der Waals surface area (Å²) in [6.07, 6.45) is -4.36. The summed E-state index contributed by atoms with van der Waals surface area (Å²) < 4.78 is 45.8. The van der Waals surface area contributed by atoms with Crippen LogP contribution in [0.5, 0.6) is 5.75 Å². The number of benzene rings is 1. The minimum Gasteiger partial charge on any atom is -0.467 e. The van der Waals surface area contributed by atoms with Crippen molar-refractivity contribution in [2.24, 2.45) is 5.73 Å². The number of hydrogen-bond donors (Lipinski definition) is 1. The fourth-order valence-corrected chi connectivity index (χ4v) is 1.61. The predicted octanol–water partition coefficient (Wildman–Crippen LogP) is 3.38. The van der Waals surface area contributed by atoms with Gasteiger partial charge in [0.2, 0.25) is 0 Å². The van der Waals surface area contributed by atoms with Gasteiger partial charge in [0, 0.05) is 16.1 Å². The van der Waals surface area contributed by atoms with Crippen molar-refractivity contribution < 1.29 is 22.6 Å². The smallest absolute Gasteiger partial charge is 0.411 e. The molecule has 1 atom stereocenters. The first-order valence-corrected chi connectivity index (χ1v) is 5.91. The van der Waals surface area contributed by atoms with E-state index in [0.717, 1.165) is 4.47 Å². The Morgan fingerprint density at radius 3 is 2.61 bits per heavy atom. The van der Waals surface area contributed by atoms with Gasteiger partial charge in [-0.25, -0.2) is 0 Å². The quantitative estimate of drug-likeness (QED) is 0.666. The van der Waals surface area contributed by atoms with Gasteiger partial charge in [0.25, 0.3) is 0 Å². The van der Waals surface area contributed by atoms with Gasteiger partial charge in [-0.15, -0.1) is 0 Å². The lowest BCUT2D eigenvalue weighted by Gasteiger charge is -2.15. The van der Waals surface area contributed by atoms with Gasteiger partial charge in [-0.3, -0.25) is 0 Å². The Morgan fingerprint density at radius 2 is 2.06 bits per heavy atom. The average molecular weight is 328 g/mol. The lowest BCUT2D eigenvalue weighted by atomic mass is 10.1. The van der Waals surface area contributed by atoms with E-state index in [9.17, 15) is 13.2 Å². The molecule has 7 heteroatoms. The normalized spacial score (nSPS) is 13.4. The fraction of sp³-hybridized carbons (Fsp3) is 0.455. The van der Waals surface area contributed by atoms with E-state index in [0.29, 0.717) is 11.3 Å². The first-order valence-electron chi connectivity index (χ1n) is 5.12. The summed E-state index contributed by atoms with van der Waals surface area (Å²) in [5.41, 5.74) is 6.42. The summed E-state index contributed by atoms with van der Waals surface area (Å²) >= 11 is 3.24. The molecule has 2 N–H and O–H groups in total. The molecular formula is C11H13BrF3NO2. The topological polar surface area (TPSA) is 44.5 Å². The Morgan fingerprint density at radius 1 is 1.39 bits per heavy atom. The molecule has 1 aromatic carbocycles. The molecule has 0 bridgehead atoms. The van der Waals surface area contributed by atoms with Gasteiger partial charge in [-0.05, 0) is 19.1 Å². The molecule has 0 amide bonds. The summed E-state index contributed by atoms with van der Waals surface area (Å²) in [5.74, 6) is 0.404. The van der Waals surface area contributed by atoms with Crippen LogP contribution in [0.25, 0.3) is 0 Å². The maximum absolute atomic E-state index is 11.8. The van der Waals surface area contributed by atoms with Crippen LogP contribution < -0.4 is 10.5 Å². The van der Waals surface area contributed by atoms with Crippen LogP contribution in [0.3, 0.4) is 0 Å². The third-order valence-electron chi connectivity index (χ3n) is 2.03. The number of ether oxygens (including phenoxy) is 2. The van der Waals surface area contributed by atoms with Crippen LogP contribution in [0.1, 0.15) is 18.5 Å². The maximum Gasteiger partial charge on any atom is 0.411 e. The third kappa shape index (κ3) is 5.24. The van der Waals surface area contributed by atoms with Crippen molar-refractivity contribution >= 4 is 15.9 Å². The molecule has 3 nitrogen and oxygen atoms in total. The molecule has 0 saturated carbocycles. The Bertz CT molecular complexity index is 396. The Kier molecular flexibility index (Phi) is 5.43. The second kappa shape index (κ2) is 6.40. The highest BCUT2D eigenvalue weighted by molar-refractivity contribution is 9.10. The molecule has 0 aliphatic rings. The van der Waals surface area contributed by atoms with Gasteiger partial charge >= 0.3 is 6.18 Å². The molecular weight excluding hydrogens is 315 g/mol. The third-order valence-corrected chi connectivity index (χ3v) is 2.52. The summed E-state index contributed by atoms with van der Waals surface area (Å²) in [5, 5.41) is 0. The van der Waals surface area contributed by atoms with Crippen molar-refractivity contribution in [3.05, 3.63) is 28.2 Å². The highest BCUT2D eigenvalue weighted by Crippen LogP contribution is 2.27. The van der Waals surface area contributed by atoms with Crippen molar-refractivity contribution in [1.82, 2.24) is 0 Å². The summed E-state index contributed by atoms with van der Waals surface area (Å²) in [4.78, 5) is 0. The van der Waals surface area contributed by atoms with Gasteiger partial charge in [-0.2, -0.15) is 13.2 Å². The van der Waals surface area contributed by atoms with E-state index < -0.39 is 19.6 Å². The number of alkyl halides is 3. The first-order chi connectivity index (χ1) is 8.29. The van der Waals surface area contributed by atoms with Crippen LogP contribution in [0.2, 0.25) is 0 Å². The molecule has 1 rings (SSSR count). The van der Waals surface area contributed by atoms with Gasteiger partial charge in [-0.1, -0.05) is 22.0 Å². The summed E-state index contributed by atoms with van der Waals surface area (Å²) in [6, 6.07) is 4.88. The van der Waals surface area contributed by atoms with Crippen LogP contribution >= 0.6 is 15.9 Å². The van der Waals surface area contributed by atoms with Crippen LogP contribution in [-0.4, -0.2) is 19.6 Å². The lowest BCUT2D eigenvalue weighted by Crippen LogP contribution is -2.19.